The Morgan fingerprint density at radius 2 is 2.17 bits per heavy atom. The van der Waals surface area contributed by atoms with E-state index in [-0.39, 0.29) is 5.76 Å². The van der Waals surface area contributed by atoms with E-state index in [0.29, 0.717) is 6.54 Å². The molecule has 102 valence electrons. The van der Waals surface area contributed by atoms with Gasteiger partial charge in [-0.1, -0.05) is 0 Å². The minimum atomic E-state index is -0.438. The van der Waals surface area contributed by atoms with Crippen LogP contribution in [0, 0.1) is 0 Å². The molecule has 0 saturated heterocycles. The smallest absolute Gasteiger partial charge is 0.373 e. The lowest BCUT2D eigenvalue weighted by atomic mass is 10.3. The number of ether oxygens (including phenoxy) is 1. The number of esters is 1. The average molecular weight is 254 g/mol. The number of unbranched alkanes of at least 4 members (excludes halogenated alkanes) is 1. The van der Waals surface area contributed by atoms with Crippen molar-refractivity contribution in [3.63, 3.8) is 0 Å². The SMILES string of the molecule is COC(=O)c1ccc(CNCCCCN(C)C)o1. The van der Waals surface area contributed by atoms with Crippen molar-refractivity contribution in [3.8, 4) is 0 Å². The number of hydrogen-bond acceptors (Lipinski definition) is 5. The molecule has 0 bridgehead atoms. The number of furan rings is 1. The third-order valence-electron chi connectivity index (χ3n) is 2.56. The highest BCUT2D eigenvalue weighted by Gasteiger charge is 2.10. The van der Waals surface area contributed by atoms with Gasteiger partial charge in [0.15, 0.2) is 0 Å². The highest BCUT2D eigenvalue weighted by molar-refractivity contribution is 5.86. The van der Waals surface area contributed by atoms with Crippen LogP contribution in [0.15, 0.2) is 16.5 Å². The molecule has 0 aliphatic rings. The fraction of sp³-hybridized carbons (Fsp3) is 0.615. The van der Waals surface area contributed by atoms with Crippen LogP contribution < -0.4 is 5.32 Å². The zero-order valence-electron chi connectivity index (χ0n) is 11.4. The van der Waals surface area contributed by atoms with Crippen molar-refractivity contribution in [1.29, 1.82) is 0 Å². The van der Waals surface area contributed by atoms with Crippen LogP contribution in [0.3, 0.4) is 0 Å². The molecule has 1 heterocycles. The van der Waals surface area contributed by atoms with Crippen molar-refractivity contribution in [2.45, 2.75) is 19.4 Å². The Morgan fingerprint density at radius 1 is 1.39 bits per heavy atom. The Balaban J connectivity index is 2.16. The molecule has 0 aliphatic heterocycles. The molecular weight excluding hydrogens is 232 g/mol. The topological polar surface area (TPSA) is 54.7 Å². The maximum absolute atomic E-state index is 11.2. The lowest BCUT2D eigenvalue weighted by Gasteiger charge is -2.08. The second-order valence-electron chi connectivity index (χ2n) is 4.44. The molecule has 5 heteroatoms. The largest absolute Gasteiger partial charge is 0.463 e. The van der Waals surface area contributed by atoms with Gasteiger partial charge in [-0.15, -0.1) is 0 Å². The molecule has 0 radical (unpaired) electrons. The number of carbonyl (C=O) groups excluding carboxylic acids is 1. The average Bonchev–Trinajstić information content (AvgIpc) is 2.81. The third kappa shape index (κ3) is 5.33. The van der Waals surface area contributed by atoms with Crippen molar-refractivity contribution in [1.82, 2.24) is 10.2 Å². The first kappa shape index (κ1) is 14.7. The highest BCUT2D eigenvalue weighted by atomic mass is 16.5. The van der Waals surface area contributed by atoms with Gasteiger partial charge in [-0.05, 0) is 52.2 Å². The van der Waals surface area contributed by atoms with Gasteiger partial charge in [0.05, 0.1) is 13.7 Å². The van der Waals surface area contributed by atoms with E-state index < -0.39 is 5.97 Å². The van der Waals surface area contributed by atoms with E-state index in [9.17, 15) is 4.79 Å². The van der Waals surface area contributed by atoms with Crippen LogP contribution in [0.5, 0.6) is 0 Å². The highest BCUT2D eigenvalue weighted by Crippen LogP contribution is 2.08. The molecule has 1 aromatic rings. The second kappa shape index (κ2) is 7.89. The minimum Gasteiger partial charge on any atom is -0.463 e. The van der Waals surface area contributed by atoms with Crippen molar-refractivity contribution in [2.24, 2.45) is 0 Å². The van der Waals surface area contributed by atoms with Crippen LogP contribution in [0.25, 0.3) is 0 Å². The van der Waals surface area contributed by atoms with Crippen molar-refractivity contribution in [3.05, 3.63) is 23.7 Å². The Morgan fingerprint density at radius 3 is 2.83 bits per heavy atom. The quantitative estimate of drug-likeness (QED) is 0.563. The molecular formula is C13H22N2O3. The number of hydrogen-bond donors (Lipinski definition) is 1. The van der Waals surface area contributed by atoms with E-state index in [2.05, 4.69) is 29.0 Å². The molecule has 0 aromatic carbocycles. The van der Waals surface area contributed by atoms with E-state index >= 15 is 0 Å². The Labute approximate surface area is 108 Å². The van der Waals surface area contributed by atoms with E-state index in [1.165, 1.54) is 13.5 Å². The Kier molecular flexibility index (Phi) is 6.46. The molecule has 1 N–H and O–H groups in total. The summed E-state index contributed by atoms with van der Waals surface area (Å²) >= 11 is 0. The summed E-state index contributed by atoms with van der Waals surface area (Å²) < 4.78 is 9.91. The van der Waals surface area contributed by atoms with Gasteiger partial charge in [-0.2, -0.15) is 0 Å². The van der Waals surface area contributed by atoms with E-state index in [1.807, 2.05) is 0 Å². The predicted molar refractivity (Wildman–Crippen MR) is 69.5 cm³/mol. The monoisotopic (exact) mass is 254 g/mol. The van der Waals surface area contributed by atoms with E-state index in [4.69, 9.17) is 4.42 Å². The summed E-state index contributed by atoms with van der Waals surface area (Å²) in [7, 11) is 5.49. The molecule has 0 saturated carbocycles. The number of nitrogens with one attached hydrogen (secondary N) is 1. The van der Waals surface area contributed by atoms with Crippen LogP contribution in [0.2, 0.25) is 0 Å². The summed E-state index contributed by atoms with van der Waals surface area (Å²) in [5, 5.41) is 3.28. The molecule has 0 unspecified atom stereocenters. The molecule has 0 atom stereocenters. The second-order valence-corrected chi connectivity index (χ2v) is 4.44. The maximum atomic E-state index is 11.2. The number of nitrogens with zero attached hydrogens (tertiary/aromatic N) is 1. The zero-order chi connectivity index (χ0) is 13.4. The fourth-order valence-electron chi connectivity index (χ4n) is 1.57. The van der Waals surface area contributed by atoms with Crippen LogP contribution in [-0.4, -0.2) is 45.2 Å². The lowest BCUT2D eigenvalue weighted by Crippen LogP contribution is -2.17. The van der Waals surface area contributed by atoms with Gasteiger partial charge in [0.1, 0.15) is 5.76 Å². The van der Waals surface area contributed by atoms with Crippen LogP contribution >= 0.6 is 0 Å². The van der Waals surface area contributed by atoms with Gasteiger partial charge in [-0.3, -0.25) is 0 Å². The van der Waals surface area contributed by atoms with Crippen LogP contribution in [0.4, 0.5) is 0 Å². The summed E-state index contributed by atoms with van der Waals surface area (Å²) in [6.45, 7) is 2.69. The summed E-state index contributed by atoms with van der Waals surface area (Å²) in [5.74, 6) is 0.567. The first-order valence-corrected chi connectivity index (χ1v) is 6.16. The van der Waals surface area contributed by atoms with Gasteiger partial charge in [0.2, 0.25) is 5.76 Å². The van der Waals surface area contributed by atoms with Crippen molar-refractivity contribution in [2.75, 3.05) is 34.3 Å². The molecule has 0 fully saturated rings. The Bertz CT molecular complexity index is 361. The van der Waals surface area contributed by atoms with E-state index in [0.717, 1.165) is 25.3 Å². The first-order chi connectivity index (χ1) is 8.63. The standard InChI is InChI=1S/C13H22N2O3/c1-15(2)9-5-4-8-14-10-11-6-7-12(18-11)13(16)17-3/h6-7,14H,4-5,8-10H2,1-3H3. The van der Waals surface area contributed by atoms with Gasteiger partial charge in [0, 0.05) is 0 Å². The van der Waals surface area contributed by atoms with Crippen molar-refractivity contribution >= 4 is 5.97 Å². The zero-order valence-corrected chi connectivity index (χ0v) is 11.4. The van der Waals surface area contributed by atoms with Crippen molar-refractivity contribution < 1.29 is 13.9 Å². The number of rotatable bonds is 8. The predicted octanol–water partition coefficient (Wildman–Crippen LogP) is 1.50. The molecule has 0 spiro atoms. The maximum Gasteiger partial charge on any atom is 0.373 e. The Hall–Kier alpha value is -1.33. The van der Waals surface area contributed by atoms with Gasteiger partial charge >= 0.3 is 5.97 Å². The van der Waals surface area contributed by atoms with Gasteiger partial charge in [-0.25, -0.2) is 4.79 Å². The minimum absolute atomic E-state index is 0.252. The molecule has 18 heavy (non-hydrogen) atoms. The molecule has 5 nitrogen and oxygen atoms in total. The van der Waals surface area contributed by atoms with Gasteiger partial charge in [0.25, 0.3) is 0 Å². The van der Waals surface area contributed by atoms with Gasteiger partial charge < -0.3 is 19.4 Å². The summed E-state index contributed by atoms with van der Waals surface area (Å²) in [4.78, 5) is 13.3. The number of methoxy groups -OCH3 is 1. The molecule has 0 amide bonds. The van der Waals surface area contributed by atoms with Crippen LogP contribution in [-0.2, 0) is 11.3 Å². The lowest BCUT2D eigenvalue weighted by molar-refractivity contribution is 0.0563. The summed E-state index contributed by atoms with van der Waals surface area (Å²) in [6.07, 6.45) is 2.30. The molecule has 1 rings (SSSR count). The summed E-state index contributed by atoms with van der Waals surface area (Å²) in [6, 6.07) is 3.42. The number of carbonyl (C=O) groups is 1. The normalized spacial score (nSPS) is 10.9. The van der Waals surface area contributed by atoms with Crippen LogP contribution in [0.1, 0.15) is 29.2 Å². The van der Waals surface area contributed by atoms with E-state index in [1.54, 1.807) is 12.1 Å². The fourth-order valence-corrected chi connectivity index (χ4v) is 1.57. The first-order valence-electron chi connectivity index (χ1n) is 6.16. The summed E-state index contributed by atoms with van der Waals surface area (Å²) in [5.41, 5.74) is 0. The molecule has 1 aromatic heterocycles. The third-order valence-corrected chi connectivity index (χ3v) is 2.56. The molecule has 0 aliphatic carbocycles.